The van der Waals surface area contributed by atoms with Crippen LogP contribution in [0.5, 0.6) is 5.75 Å². The summed E-state index contributed by atoms with van der Waals surface area (Å²) in [7, 11) is -0.603. The lowest BCUT2D eigenvalue weighted by Crippen LogP contribution is -2.16. The molecule has 0 bridgehead atoms. The van der Waals surface area contributed by atoms with E-state index in [4.69, 9.17) is 4.89 Å². The van der Waals surface area contributed by atoms with E-state index in [2.05, 4.69) is 19.1 Å². The molecule has 0 spiro atoms. The van der Waals surface area contributed by atoms with E-state index in [-0.39, 0.29) is 39.6 Å². The minimum absolute atomic E-state index is 0.00721. The molecule has 0 fully saturated rings. The summed E-state index contributed by atoms with van der Waals surface area (Å²) in [6.45, 7) is 1.38. The first-order valence-electron chi connectivity index (χ1n) is 8.45. The molecule has 0 radical (unpaired) electrons. The number of hydrogen-bond donors (Lipinski definition) is 2. The first-order chi connectivity index (χ1) is 14.1. The third-order valence-electron chi connectivity index (χ3n) is 4.00. The molecule has 11 heteroatoms. The van der Waals surface area contributed by atoms with Gasteiger partial charge in [-0.05, 0) is 48.4 Å². The molecule has 30 heavy (non-hydrogen) atoms. The maximum Gasteiger partial charge on any atom is 0.341 e. The van der Waals surface area contributed by atoms with Crippen molar-refractivity contribution in [3.63, 3.8) is 0 Å². The summed E-state index contributed by atoms with van der Waals surface area (Å²) in [5.74, 6) is -1.89. The molecule has 2 N–H and O–H groups in total. The van der Waals surface area contributed by atoms with E-state index < -0.39 is 22.0 Å². The molecule has 2 rings (SSSR count). The van der Waals surface area contributed by atoms with Crippen LogP contribution in [0, 0.1) is 6.92 Å². The summed E-state index contributed by atoms with van der Waals surface area (Å²) >= 11 is 0. The van der Waals surface area contributed by atoms with Crippen LogP contribution in [-0.2, 0) is 35.9 Å². The number of aryl methyl sites for hydroxylation is 1. The van der Waals surface area contributed by atoms with Gasteiger partial charge in [-0.15, -0.1) is 0 Å². The van der Waals surface area contributed by atoms with E-state index in [0.717, 1.165) is 19.2 Å². The van der Waals surface area contributed by atoms with E-state index in [1.165, 1.54) is 39.3 Å². The lowest BCUT2D eigenvalue weighted by molar-refractivity contribution is -0.282. The Morgan fingerprint density at radius 1 is 1.00 bits per heavy atom. The summed E-state index contributed by atoms with van der Waals surface area (Å²) < 4.78 is 37.4. The largest absolute Gasteiger partial charge is 0.507 e. The van der Waals surface area contributed by atoms with Gasteiger partial charge in [0.05, 0.1) is 37.5 Å². The van der Waals surface area contributed by atoms with Crippen LogP contribution < -0.4 is 4.72 Å². The molecular formula is C19H21NO9S. The van der Waals surface area contributed by atoms with Gasteiger partial charge in [0, 0.05) is 0 Å². The molecule has 2 aromatic carbocycles. The topological polar surface area (TPSA) is 137 Å². The van der Waals surface area contributed by atoms with Gasteiger partial charge in [0.25, 0.3) is 10.0 Å². The molecular weight excluding hydrogens is 418 g/mol. The van der Waals surface area contributed by atoms with E-state index in [1.54, 1.807) is 0 Å². The zero-order valence-electron chi connectivity index (χ0n) is 16.7. The number of rotatable bonds is 8. The van der Waals surface area contributed by atoms with E-state index >= 15 is 0 Å². The van der Waals surface area contributed by atoms with Gasteiger partial charge in [0.15, 0.2) is 0 Å². The number of nitrogens with one attached hydrogen (secondary N) is 1. The number of hydrogen-bond acceptors (Lipinski definition) is 9. The smallest absolute Gasteiger partial charge is 0.341 e. The van der Waals surface area contributed by atoms with Gasteiger partial charge in [-0.1, -0.05) is 0 Å². The highest BCUT2D eigenvalue weighted by molar-refractivity contribution is 7.92. The van der Waals surface area contributed by atoms with Gasteiger partial charge >= 0.3 is 11.9 Å². The molecule has 0 saturated heterocycles. The summed E-state index contributed by atoms with van der Waals surface area (Å²) in [6.07, 6.45) is 0. The minimum Gasteiger partial charge on any atom is -0.507 e. The fraction of sp³-hybridized carbons (Fsp3) is 0.263. The highest BCUT2D eigenvalue weighted by Gasteiger charge is 2.21. The van der Waals surface area contributed by atoms with Gasteiger partial charge < -0.3 is 14.6 Å². The number of aromatic hydroxyl groups is 1. The number of methoxy groups -OCH3 is 2. The Kier molecular flexibility index (Phi) is 7.38. The van der Waals surface area contributed by atoms with Crippen molar-refractivity contribution in [2.75, 3.05) is 26.1 Å². The Bertz CT molecular complexity index is 1060. The highest BCUT2D eigenvalue weighted by atomic mass is 32.2. The molecule has 0 aliphatic carbocycles. The van der Waals surface area contributed by atoms with Crippen LogP contribution in [-0.4, -0.2) is 46.8 Å². The SMILES string of the molecule is COOCc1cc(C(=O)OC)cc(S(=O)(=O)Nc2cc(C)c(O)c(C(=O)OC)c2)c1. The van der Waals surface area contributed by atoms with Gasteiger partial charge in [-0.3, -0.25) is 4.72 Å². The summed E-state index contributed by atoms with van der Waals surface area (Å²) in [4.78, 5) is 32.8. The van der Waals surface area contributed by atoms with Crippen LogP contribution in [0.25, 0.3) is 0 Å². The number of ether oxygens (including phenoxy) is 2. The Labute approximate surface area is 173 Å². The molecule has 0 aromatic heterocycles. The predicted molar refractivity (Wildman–Crippen MR) is 105 cm³/mol. The second-order valence-electron chi connectivity index (χ2n) is 6.07. The standard InChI is InChI=1S/C19H21NO9S/c1-11-5-14(9-16(17(11)21)19(23)27-3)20-30(24,25)15-7-12(10-29-28-4)6-13(8-15)18(22)26-2/h5-9,20-21H,10H2,1-4H3. The number of carbonyl (C=O) groups is 2. The van der Waals surface area contributed by atoms with Crippen molar-refractivity contribution in [3.05, 3.63) is 52.6 Å². The molecule has 0 heterocycles. The van der Waals surface area contributed by atoms with Crippen LogP contribution in [0.2, 0.25) is 0 Å². The van der Waals surface area contributed by atoms with Gasteiger partial charge in [0.2, 0.25) is 0 Å². The lowest BCUT2D eigenvalue weighted by atomic mass is 10.1. The average molecular weight is 439 g/mol. The predicted octanol–water partition coefficient (Wildman–Crippen LogP) is 2.15. The van der Waals surface area contributed by atoms with Crippen LogP contribution >= 0.6 is 0 Å². The molecule has 0 atom stereocenters. The molecule has 0 aliphatic heterocycles. The van der Waals surface area contributed by atoms with E-state index in [9.17, 15) is 23.1 Å². The molecule has 0 saturated carbocycles. The first-order valence-corrected chi connectivity index (χ1v) is 9.94. The fourth-order valence-electron chi connectivity index (χ4n) is 2.58. The van der Waals surface area contributed by atoms with E-state index in [1.807, 2.05) is 0 Å². The zero-order valence-corrected chi connectivity index (χ0v) is 17.5. The number of carbonyl (C=O) groups excluding carboxylic acids is 2. The quantitative estimate of drug-likeness (QED) is 0.274. The second-order valence-corrected chi connectivity index (χ2v) is 7.75. The molecule has 0 unspecified atom stereocenters. The third-order valence-corrected chi connectivity index (χ3v) is 5.36. The van der Waals surface area contributed by atoms with Crippen molar-refractivity contribution in [3.8, 4) is 5.75 Å². The van der Waals surface area contributed by atoms with Gasteiger partial charge in [0.1, 0.15) is 17.9 Å². The number of phenolic OH excluding ortho intramolecular Hbond substituents is 1. The zero-order chi connectivity index (χ0) is 22.5. The van der Waals surface area contributed by atoms with Crippen molar-refractivity contribution in [2.24, 2.45) is 0 Å². The van der Waals surface area contributed by atoms with Crippen molar-refractivity contribution < 1.29 is 42.4 Å². The van der Waals surface area contributed by atoms with Crippen molar-refractivity contribution in [1.29, 1.82) is 0 Å². The van der Waals surface area contributed by atoms with Gasteiger partial charge in [-0.2, -0.15) is 0 Å². The molecule has 0 aliphatic rings. The fourth-order valence-corrected chi connectivity index (χ4v) is 3.71. The lowest BCUT2D eigenvalue weighted by Gasteiger charge is -2.13. The van der Waals surface area contributed by atoms with Gasteiger partial charge in [-0.25, -0.2) is 27.8 Å². The van der Waals surface area contributed by atoms with Crippen molar-refractivity contribution >= 4 is 27.6 Å². The number of sulfonamides is 1. The number of esters is 2. The maximum atomic E-state index is 12.9. The van der Waals surface area contributed by atoms with Crippen molar-refractivity contribution in [1.82, 2.24) is 0 Å². The normalized spacial score (nSPS) is 11.1. The monoisotopic (exact) mass is 439 g/mol. The van der Waals surface area contributed by atoms with Crippen LogP contribution in [0.1, 0.15) is 31.8 Å². The first kappa shape index (κ1) is 23.1. The Morgan fingerprint density at radius 2 is 1.67 bits per heavy atom. The minimum atomic E-state index is -4.19. The molecule has 2 aromatic rings. The van der Waals surface area contributed by atoms with E-state index in [0.29, 0.717) is 5.56 Å². The summed E-state index contributed by atoms with van der Waals surface area (Å²) in [5, 5.41) is 10.0. The Morgan fingerprint density at radius 3 is 2.27 bits per heavy atom. The molecule has 162 valence electrons. The second kappa shape index (κ2) is 9.57. The maximum absolute atomic E-state index is 12.9. The Balaban J connectivity index is 2.50. The molecule has 10 nitrogen and oxygen atoms in total. The Hall–Kier alpha value is -3.15. The van der Waals surface area contributed by atoms with Crippen LogP contribution in [0.4, 0.5) is 5.69 Å². The third kappa shape index (κ3) is 5.26. The number of phenols is 1. The van der Waals surface area contributed by atoms with Crippen LogP contribution in [0.15, 0.2) is 35.2 Å². The number of anilines is 1. The molecule has 0 amide bonds. The summed E-state index contributed by atoms with van der Waals surface area (Å²) in [6, 6.07) is 6.33. The van der Waals surface area contributed by atoms with Crippen LogP contribution in [0.3, 0.4) is 0 Å². The van der Waals surface area contributed by atoms with Crippen molar-refractivity contribution in [2.45, 2.75) is 18.4 Å². The average Bonchev–Trinajstić information content (AvgIpc) is 2.72. The highest BCUT2D eigenvalue weighted by Crippen LogP contribution is 2.29. The summed E-state index contributed by atoms with van der Waals surface area (Å²) in [5.41, 5.74) is 0.411. The number of benzene rings is 2.